The summed E-state index contributed by atoms with van der Waals surface area (Å²) in [6, 6.07) is 9.25. The standard InChI is InChI=1S/C12H9BrFN3O/c13-8-5-4-7(6-9(8)14)18-11-3-1-2-10(17-11)12(15)16/h1-6H,(H3,15,16). The Labute approximate surface area is 111 Å². The van der Waals surface area contributed by atoms with Gasteiger partial charge in [0.25, 0.3) is 0 Å². The van der Waals surface area contributed by atoms with Gasteiger partial charge >= 0.3 is 0 Å². The SMILES string of the molecule is N=C(N)c1cccc(Oc2ccc(Br)c(F)c2)n1. The molecule has 2 rings (SSSR count). The number of nitrogens with zero attached hydrogens (tertiary/aromatic N) is 1. The highest BCUT2D eigenvalue weighted by atomic mass is 79.9. The molecule has 1 aromatic carbocycles. The van der Waals surface area contributed by atoms with Crippen LogP contribution in [0.1, 0.15) is 5.69 Å². The van der Waals surface area contributed by atoms with Gasteiger partial charge in [0.05, 0.1) is 4.47 Å². The molecule has 0 unspecified atom stereocenters. The Balaban J connectivity index is 2.25. The van der Waals surface area contributed by atoms with Crippen LogP contribution in [0.3, 0.4) is 0 Å². The summed E-state index contributed by atoms with van der Waals surface area (Å²) in [4.78, 5) is 4.01. The fourth-order valence-corrected chi connectivity index (χ4v) is 1.53. The highest BCUT2D eigenvalue weighted by Gasteiger charge is 2.05. The van der Waals surface area contributed by atoms with Gasteiger partial charge in [-0.05, 0) is 34.1 Å². The summed E-state index contributed by atoms with van der Waals surface area (Å²) < 4.78 is 19.0. The minimum absolute atomic E-state index is 0.151. The number of pyridine rings is 1. The molecule has 0 saturated heterocycles. The van der Waals surface area contributed by atoms with E-state index < -0.39 is 5.82 Å². The van der Waals surface area contributed by atoms with Crippen LogP contribution in [0.4, 0.5) is 4.39 Å². The Morgan fingerprint density at radius 3 is 2.78 bits per heavy atom. The number of hydrogen-bond donors (Lipinski definition) is 2. The van der Waals surface area contributed by atoms with Crippen LogP contribution in [-0.2, 0) is 0 Å². The quantitative estimate of drug-likeness (QED) is 0.676. The largest absolute Gasteiger partial charge is 0.439 e. The van der Waals surface area contributed by atoms with Crippen LogP contribution in [0, 0.1) is 11.2 Å². The van der Waals surface area contributed by atoms with E-state index in [4.69, 9.17) is 15.9 Å². The van der Waals surface area contributed by atoms with Crippen molar-refractivity contribution < 1.29 is 9.13 Å². The van der Waals surface area contributed by atoms with Gasteiger partial charge in [-0.2, -0.15) is 0 Å². The van der Waals surface area contributed by atoms with Gasteiger partial charge in [0.1, 0.15) is 23.1 Å². The molecular weight excluding hydrogens is 301 g/mol. The molecule has 0 spiro atoms. The molecule has 2 aromatic rings. The van der Waals surface area contributed by atoms with Crippen molar-refractivity contribution in [3.8, 4) is 11.6 Å². The zero-order valence-electron chi connectivity index (χ0n) is 9.15. The topological polar surface area (TPSA) is 72.0 Å². The first-order valence-electron chi connectivity index (χ1n) is 5.00. The molecule has 1 aromatic heterocycles. The van der Waals surface area contributed by atoms with E-state index in [1.54, 1.807) is 30.3 Å². The van der Waals surface area contributed by atoms with Crippen molar-refractivity contribution >= 4 is 21.8 Å². The maximum Gasteiger partial charge on any atom is 0.219 e. The molecule has 6 heteroatoms. The lowest BCUT2D eigenvalue weighted by Crippen LogP contribution is -2.13. The molecule has 0 aliphatic heterocycles. The predicted octanol–water partition coefficient (Wildman–Crippen LogP) is 3.06. The number of halogens is 2. The summed E-state index contributed by atoms with van der Waals surface area (Å²) in [5.41, 5.74) is 5.63. The number of ether oxygens (including phenoxy) is 1. The van der Waals surface area contributed by atoms with Crippen LogP contribution in [0.25, 0.3) is 0 Å². The fraction of sp³-hybridized carbons (Fsp3) is 0. The highest BCUT2D eigenvalue weighted by Crippen LogP contribution is 2.24. The molecule has 1 heterocycles. The van der Waals surface area contributed by atoms with Crippen molar-refractivity contribution in [3.05, 3.63) is 52.4 Å². The van der Waals surface area contributed by atoms with E-state index in [0.29, 0.717) is 15.9 Å². The van der Waals surface area contributed by atoms with Crippen molar-refractivity contribution in [2.45, 2.75) is 0 Å². The Morgan fingerprint density at radius 1 is 1.33 bits per heavy atom. The fourth-order valence-electron chi connectivity index (χ4n) is 1.28. The lowest BCUT2D eigenvalue weighted by Gasteiger charge is -2.06. The average molecular weight is 310 g/mol. The number of hydrogen-bond acceptors (Lipinski definition) is 3. The van der Waals surface area contributed by atoms with Gasteiger partial charge in [-0.1, -0.05) is 6.07 Å². The number of rotatable bonds is 3. The zero-order chi connectivity index (χ0) is 13.1. The number of aromatic nitrogens is 1. The Hall–Kier alpha value is -1.95. The van der Waals surface area contributed by atoms with Crippen LogP contribution >= 0.6 is 15.9 Å². The molecule has 0 radical (unpaired) electrons. The summed E-state index contributed by atoms with van der Waals surface area (Å²) in [7, 11) is 0. The average Bonchev–Trinajstić information content (AvgIpc) is 2.34. The Bertz CT molecular complexity index is 604. The first kappa shape index (κ1) is 12.5. The second kappa shape index (κ2) is 5.14. The van der Waals surface area contributed by atoms with E-state index >= 15 is 0 Å². The van der Waals surface area contributed by atoms with E-state index in [-0.39, 0.29) is 11.7 Å². The number of nitrogens with two attached hydrogens (primary N) is 1. The molecule has 4 nitrogen and oxygen atoms in total. The number of amidine groups is 1. The third-order valence-electron chi connectivity index (χ3n) is 2.11. The summed E-state index contributed by atoms with van der Waals surface area (Å²) in [6.07, 6.45) is 0. The second-order valence-electron chi connectivity index (χ2n) is 3.45. The third-order valence-corrected chi connectivity index (χ3v) is 2.76. The third kappa shape index (κ3) is 2.84. The van der Waals surface area contributed by atoms with E-state index in [9.17, 15) is 4.39 Å². The highest BCUT2D eigenvalue weighted by molar-refractivity contribution is 9.10. The summed E-state index contributed by atoms with van der Waals surface area (Å²) in [5.74, 6) is 0.00554. The van der Waals surface area contributed by atoms with Gasteiger partial charge in [0.2, 0.25) is 5.88 Å². The van der Waals surface area contributed by atoms with E-state index in [1.807, 2.05) is 0 Å². The summed E-state index contributed by atoms with van der Waals surface area (Å²) in [6.45, 7) is 0. The molecule has 0 amide bonds. The minimum atomic E-state index is -0.421. The van der Waals surface area contributed by atoms with Crippen molar-refractivity contribution in [2.24, 2.45) is 5.73 Å². The van der Waals surface area contributed by atoms with Crippen LogP contribution in [0.5, 0.6) is 11.6 Å². The molecular formula is C12H9BrFN3O. The molecule has 0 saturated carbocycles. The number of benzene rings is 1. The molecule has 0 fully saturated rings. The first-order valence-corrected chi connectivity index (χ1v) is 5.80. The van der Waals surface area contributed by atoms with E-state index in [2.05, 4.69) is 20.9 Å². The smallest absolute Gasteiger partial charge is 0.219 e. The lowest BCUT2D eigenvalue weighted by atomic mass is 10.3. The van der Waals surface area contributed by atoms with Crippen LogP contribution in [0.2, 0.25) is 0 Å². The molecule has 0 aliphatic rings. The normalized spacial score (nSPS) is 10.1. The van der Waals surface area contributed by atoms with Crippen molar-refractivity contribution in [1.82, 2.24) is 4.98 Å². The van der Waals surface area contributed by atoms with Gasteiger partial charge in [-0.3, -0.25) is 5.41 Å². The van der Waals surface area contributed by atoms with Gasteiger partial charge in [0, 0.05) is 12.1 Å². The van der Waals surface area contributed by atoms with E-state index in [1.165, 1.54) is 6.07 Å². The van der Waals surface area contributed by atoms with Gasteiger partial charge in [0.15, 0.2) is 0 Å². The predicted molar refractivity (Wildman–Crippen MR) is 69.4 cm³/mol. The molecule has 0 aliphatic carbocycles. The number of nitrogens with one attached hydrogen (secondary N) is 1. The van der Waals surface area contributed by atoms with Gasteiger partial charge in [-0.25, -0.2) is 9.37 Å². The lowest BCUT2D eigenvalue weighted by molar-refractivity contribution is 0.457. The monoisotopic (exact) mass is 309 g/mol. The van der Waals surface area contributed by atoms with Crippen LogP contribution in [-0.4, -0.2) is 10.8 Å². The van der Waals surface area contributed by atoms with Gasteiger partial charge in [-0.15, -0.1) is 0 Å². The Kier molecular flexibility index (Phi) is 3.57. The maximum atomic E-state index is 13.3. The molecule has 18 heavy (non-hydrogen) atoms. The maximum absolute atomic E-state index is 13.3. The first-order chi connectivity index (χ1) is 8.56. The minimum Gasteiger partial charge on any atom is -0.439 e. The molecule has 0 bridgehead atoms. The van der Waals surface area contributed by atoms with Crippen molar-refractivity contribution in [3.63, 3.8) is 0 Å². The molecule has 0 atom stereocenters. The number of nitrogen functional groups attached to an aromatic ring is 1. The zero-order valence-corrected chi connectivity index (χ0v) is 10.7. The van der Waals surface area contributed by atoms with E-state index in [0.717, 1.165) is 0 Å². The van der Waals surface area contributed by atoms with Crippen molar-refractivity contribution in [1.29, 1.82) is 5.41 Å². The summed E-state index contributed by atoms with van der Waals surface area (Å²) >= 11 is 3.05. The second-order valence-corrected chi connectivity index (χ2v) is 4.31. The van der Waals surface area contributed by atoms with Gasteiger partial charge < -0.3 is 10.5 Å². The Morgan fingerprint density at radius 2 is 2.11 bits per heavy atom. The summed E-state index contributed by atoms with van der Waals surface area (Å²) in [5, 5.41) is 7.27. The molecule has 3 N–H and O–H groups in total. The molecule has 92 valence electrons. The van der Waals surface area contributed by atoms with Crippen LogP contribution in [0.15, 0.2) is 40.9 Å². The van der Waals surface area contributed by atoms with Crippen molar-refractivity contribution in [2.75, 3.05) is 0 Å². The van der Waals surface area contributed by atoms with Crippen LogP contribution < -0.4 is 10.5 Å².